The normalized spacial score (nSPS) is 11.2. The minimum atomic E-state index is -1.31. The molecule has 0 atom stereocenters. The van der Waals surface area contributed by atoms with Crippen LogP contribution >= 0.6 is 22.9 Å². The molecule has 0 aliphatic heterocycles. The van der Waals surface area contributed by atoms with Crippen LogP contribution in [0.15, 0.2) is 48.2 Å². The van der Waals surface area contributed by atoms with Crippen LogP contribution in [0.4, 0.5) is 0 Å². The van der Waals surface area contributed by atoms with Gasteiger partial charge in [0, 0.05) is 12.1 Å². The maximum atomic E-state index is 12.7. The predicted molar refractivity (Wildman–Crippen MR) is 130 cm³/mol. The van der Waals surface area contributed by atoms with Gasteiger partial charge in [0.2, 0.25) is 0 Å². The molecule has 0 bridgehead atoms. The van der Waals surface area contributed by atoms with Gasteiger partial charge in [-0.1, -0.05) is 30.7 Å². The zero-order valence-corrected chi connectivity index (χ0v) is 20.0. The van der Waals surface area contributed by atoms with Gasteiger partial charge in [0.15, 0.2) is 0 Å². The van der Waals surface area contributed by atoms with Crippen molar-refractivity contribution in [1.82, 2.24) is 15.6 Å². The number of carboxylic acids is 1. The molecule has 176 valence electrons. The molecule has 34 heavy (non-hydrogen) atoms. The number of carboxylic acid groups (broad SMARTS) is 1. The number of hydrogen-bond acceptors (Lipinski definition) is 6. The summed E-state index contributed by atoms with van der Waals surface area (Å²) in [6.45, 7) is 3.91. The quantitative estimate of drug-likeness (QED) is 0.344. The van der Waals surface area contributed by atoms with Crippen molar-refractivity contribution in [3.63, 3.8) is 0 Å². The highest BCUT2D eigenvalue weighted by Crippen LogP contribution is 2.22. The summed E-state index contributed by atoms with van der Waals surface area (Å²) in [6, 6.07) is 10.6. The average Bonchev–Trinajstić information content (AvgIpc) is 3.16. The first-order chi connectivity index (χ1) is 16.2. The molecule has 0 spiro atoms. The Morgan fingerprint density at radius 3 is 2.53 bits per heavy atom. The summed E-state index contributed by atoms with van der Waals surface area (Å²) in [5.41, 5.74) is 1.32. The number of rotatable bonds is 8. The molecule has 1 heterocycles. The Morgan fingerprint density at radius 2 is 1.91 bits per heavy atom. The second-order valence-corrected chi connectivity index (χ2v) is 8.80. The number of thiazole rings is 1. The molecule has 8 nitrogen and oxygen atoms in total. The summed E-state index contributed by atoms with van der Waals surface area (Å²) >= 11 is 7.58. The van der Waals surface area contributed by atoms with Crippen molar-refractivity contribution in [1.29, 1.82) is 0 Å². The largest absolute Gasteiger partial charge is 0.508 e. The lowest BCUT2D eigenvalue weighted by Gasteiger charge is -2.10. The maximum Gasteiger partial charge on any atom is 0.352 e. The molecule has 4 N–H and O–H groups in total. The molecule has 1 aromatic heterocycles. The molecule has 0 radical (unpaired) electrons. The van der Waals surface area contributed by atoms with Crippen LogP contribution in [0.5, 0.6) is 5.75 Å². The Morgan fingerprint density at radius 1 is 1.15 bits per heavy atom. The van der Waals surface area contributed by atoms with E-state index in [9.17, 15) is 24.6 Å². The van der Waals surface area contributed by atoms with E-state index in [1.54, 1.807) is 19.1 Å². The molecular formula is C24H22ClN3O5S. The third-order valence-electron chi connectivity index (χ3n) is 4.77. The highest BCUT2D eigenvalue weighted by molar-refractivity contribution is 7.12. The number of nitrogens with one attached hydrogen (secondary N) is 2. The number of benzene rings is 2. The Balaban J connectivity index is 1.73. The molecule has 2 aromatic carbocycles. The number of hydrogen-bond donors (Lipinski definition) is 4. The first-order valence-electron chi connectivity index (χ1n) is 10.3. The highest BCUT2D eigenvalue weighted by atomic mass is 35.5. The van der Waals surface area contributed by atoms with Gasteiger partial charge in [-0.15, -0.1) is 11.3 Å². The fourth-order valence-electron chi connectivity index (χ4n) is 3.01. The smallest absolute Gasteiger partial charge is 0.352 e. The van der Waals surface area contributed by atoms with Crippen molar-refractivity contribution in [2.45, 2.75) is 26.8 Å². The van der Waals surface area contributed by atoms with Crippen molar-refractivity contribution in [2.24, 2.45) is 0 Å². The van der Waals surface area contributed by atoms with E-state index < -0.39 is 17.8 Å². The Kier molecular flexibility index (Phi) is 8.04. The van der Waals surface area contributed by atoms with Crippen molar-refractivity contribution in [3.8, 4) is 5.75 Å². The molecular weight excluding hydrogens is 478 g/mol. The van der Waals surface area contributed by atoms with Crippen LogP contribution < -0.4 is 10.6 Å². The van der Waals surface area contributed by atoms with Gasteiger partial charge in [0.05, 0.1) is 26.2 Å². The van der Waals surface area contributed by atoms with E-state index in [2.05, 4.69) is 15.6 Å². The van der Waals surface area contributed by atoms with Crippen LogP contribution in [-0.2, 0) is 17.8 Å². The second-order valence-electron chi connectivity index (χ2n) is 7.28. The van der Waals surface area contributed by atoms with E-state index in [-0.39, 0.29) is 34.1 Å². The number of aliphatic carboxylic acids is 1. The van der Waals surface area contributed by atoms with Crippen LogP contribution in [0.1, 0.15) is 48.8 Å². The van der Waals surface area contributed by atoms with E-state index >= 15 is 0 Å². The number of aromatic nitrogens is 1. The summed E-state index contributed by atoms with van der Waals surface area (Å²) in [5.74, 6) is -2.35. The Bertz CT molecular complexity index is 1290. The number of carbonyl (C=O) groups excluding carboxylic acids is 2. The molecule has 3 rings (SSSR count). The molecule has 0 fully saturated rings. The average molecular weight is 500 g/mol. The van der Waals surface area contributed by atoms with Gasteiger partial charge in [-0.05, 0) is 55.3 Å². The first-order valence-corrected chi connectivity index (χ1v) is 11.5. The van der Waals surface area contributed by atoms with Crippen molar-refractivity contribution in [3.05, 3.63) is 85.5 Å². The topological polar surface area (TPSA) is 129 Å². The fourth-order valence-corrected chi connectivity index (χ4v) is 4.23. The van der Waals surface area contributed by atoms with Gasteiger partial charge < -0.3 is 20.8 Å². The Hall–Kier alpha value is -3.69. The molecule has 2 amide bonds. The number of phenols is 1. The number of halogens is 1. The summed E-state index contributed by atoms with van der Waals surface area (Å²) in [6.07, 6.45) is 2.08. The van der Waals surface area contributed by atoms with E-state index in [1.165, 1.54) is 47.7 Å². The lowest BCUT2D eigenvalue weighted by molar-refractivity contribution is -0.132. The van der Waals surface area contributed by atoms with E-state index in [1.807, 2.05) is 6.92 Å². The number of amides is 2. The number of aromatic hydroxyl groups is 1. The monoisotopic (exact) mass is 499 g/mol. The van der Waals surface area contributed by atoms with Crippen molar-refractivity contribution < 1.29 is 24.6 Å². The van der Waals surface area contributed by atoms with E-state index in [0.29, 0.717) is 16.1 Å². The standard InChI is InChI=1S/C24H22ClN3O5S/c1-3-21-27-13(2)20(34-21)11-19(24(32)33)28-23(31)17-8-7-15(10-18(17)25)22(30)26-12-14-5-4-6-16(29)9-14/h4-11,29H,3,12H2,1-2H3,(H,26,30)(H,28,31)(H,32,33)/b19-11+. The minimum absolute atomic E-state index is 0.00511. The molecule has 0 aliphatic rings. The number of phenolic OH excluding ortho intramolecular Hbond substituents is 1. The van der Waals surface area contributed by atoms with Gasteiger partial charge in [-0.25, -0.2) is 9.78 Å². The first kappa shape index (κ1) is 24.9. The van der Waals surface area contributed by atoms with Gasteiger partial charge in [-0.3, -0.25) is 9.59 Å². The Labute approximate surface area is 204 Å². The van der Waals surface area contributed by atoms with Gasteiger partial charge in [-0.2, -0.15) is 0 Å². The maximum absolute atomic E-state index is 12.7. The molecule has 0 saturated heterocycles. The summed E-state index contributed by atoms with van der Waals surface area (Å²) in [7, 11) is 0. The minimum Gasteiger partial charge on any atom is -0.508 e. The third-order valence-corrected chi connectivity index (χ3v) is 6.33. The number of nitrogens with zero attached hydrogens (tertiary/aromatic N) is 1. The lowest BCUT2D eigenvalue weighted by atomic mass is 10.1. The van der Waals surface area contributed by atoms with Crippen molar-refractivity contribution in [2.75, 3.05) is 0 Å². The van der Waals surface area contributed by atoms with Gasteiger partial charge in [0.1, 0.15) is 11.4 Å². The SMILES string of the molecule is CCc1nc(C)c(/C=C(/NC(=O)c2ccc(C(=O)NCc3cccc(O)c3)cc2Cl)C(=O)O)s1. The van der Waals surface area contributed by atoms with Gasteiger partial charge >= 0.3 is 5.97 Å². The van der Waals surface area contributed by atoms with E-state index in [0.717, 1.165) is 11.4 Å². The number of aryl methyl sites for hydroxylation is 2. The highest BCUT2D eigenvalue weighted by Gasteiger charge is 2.18. The summed E-state index contributed by atoms with van der Waals surface area (Å²) in [4.78, 5) is 41.8. The molecule has 0 saturated carbocycles. The van der Waals surface area contributed by atoms with Gasteiger partial charge in [0.25, 0.3) is 11.8 Å². The van der Waals surface area contributed by atoms with Crippen LogP contribution in [0.2, 0.25) is 5.02 Å². The predicted octanol–water partition coefficient (Wildman–Crippen LogP) is 4.16. The van der Waals surface area contributed by atoms with Crippen LogP contribution in [0, 0.1) is 6.92 Å². The molecule has 10 heteroatoms. The molecule has 0 unspecified atom stereocenters. The second kappa shape index (κ2) is 11.0. The lowest BCUT2D eigenvalue weighted by Crippen LogP contribution is -2.28. The third kappa shape index (κ3) is 6.21. The van der Waals surface area contributed by atoms with Crippen LogP contribution in [-0.4, -0.2) is 33.0 Å². The van der Waals surface area contributed by atoms with Crippen LogP contribution in [0.3, 0.4) is 0 Å². The van der Waals surface area contributed by atoms with E-state index in [4.69, 9.17) is 11.6 Å². The molecule has 3 aromatic rings. The summed E-state index contributed by atoms with van der Waals surface area (Å²) < 4.78 is 0. The molecule has 0 aliphatic carbocycles. The zero-order valence-electron chi connectivity index (χ0n) is 18.4. The van der Waals surface area contributed by atoms with Crippen molar-refractivity contribution >= 4 is 46.8 Å². The summed E-state index contributed by atoms with van der Waals surface area (Å²) in [5, 5.41) is 25.0. The van der Waals surface area contributed by atoms with Crippen LogP contribution in [0.25, 0.3) is 6.08 Å². The number of carbonyl (C=O) groups is 3. The zero-order chi connectivity index (χ0) is 24.8. The fraction of sp³-hybridized carbons (Fsp3) is 0.167.